The highest BCUT2D eigenvalue weighted by Gasteiger charge is 2.14. The van der Waals surface area contributed by atoms with E-state index < -0.39 is 23.2 Å². The van der Waals surface area contributed by atoms with Gasteiger partial charge in [0.1, 0.15) is 23.1 Å². The molecule has 0 fully saturated rings. The predicted octanol–water partition coefficient (Wildman–Crippen LogP) is 3.93. The van der Waals surface area contributed by atoms with E-state index in [0.29, 0.717) is 12.4 Å². The number of benzene rings is 2. The molecule has 5 nitrogen and oxygen atoms in total. The highest BCUT2D eigenvalue weighted by Crippen LogP contribution is 2.18. The lowest BCUT2D eigenvalue weighted by Gasteiger charge is -2.09. The zero-order chi connectivity index (χ0) is 18.5. The summed E-state index contributed by atoms with van der Waals surface area (Å²) in [6.45, 7) is 2.57. The van der Waals surface area contributed by atoms with Crippen LogP contribution >= 0.6 is 0 Å². The molecule has 2 aromatic carbocycles. The largest absolute Gasteiger partial charge is 0.364 e. The molecule has 7 heteroatoms. The Hall–Kier alpha value is -3.35. The van der Waals surface area contributed by atoms with Crippen molar-refractivity contribution in [3.8, 4) is 0 Å². The maximum absolute atomic E-state index is 13.6. The monoisotopic (exact) mass is 354 g/mol. The lowest BCUT2D eigenvalue weighted by Crippen LogP contribution is -2.16. The molecule has 0 aliphatic carbocycles. The van der Waals surface area contributed by atoms with E-state index in [2.05, 4.69) is 20.8 Å². The van der Waals surface area contributed by atoms with Crippen LogP contribution < -0.4 is 10.6 Å². The fraction of sp³-hybridized carbons (Fsp3) is 0.105. The summed E-state index contributed by atoms with van der Waals surface area (Å²) in [6.07, 6.45) is 0. The molecule has 0 radical (unpaired) electrons. The van der Waals surface area contributed by atoms with E-state index in [1.807, 2.05) is 31.2 Å². The van der Waals surface area contributed by atoms with Crippen LogP contribution in [0.15, 0.2) is 54.6 Å². The zero-order valence-electron chi connectivity index (χ0n) is 14.0. The summed E-state index contributed by atoms with van der Waals surface area (Å²) in [7, 11) is 0. The summed E-state index contributed by atoms with van der Waals surface area (Å²) in [6, 6.07) is 14.3. The highest BCUT2D eigenvalue weighted by molar-refractivity contribution is 6.02. The molecule has 1 aromatic heterocycles. The van der Waals surface area contributed by atoms with Crippen molar-refractivity contribution in [2.24, 2.45) is 0 Å². The smallest absolute Gasteiger partial charge is 0.276 e. The maximum atomic E-state index is 13.6. The Morgan fingerprint density at radius 1 is 0.962 bits per heavy atom. The molecule has 0 aliphatic heterocycles. The van der Waals surface area contributed by atoms with Gasteiger partial charge in [-0.1, -0.05) is 30.3 Å². The first kappa shape index (κ1) is 17.5. The number of aryl methyl sites for hydroxylation is 1. The number of anilines is 2. The molecular weight excluding hydrogens is 338 g/mol. The Balaban J connectivity index is 1.65. The first-order valence-corrected chi connectivity index (χ1v) is 7.92. The number of nitrogens with zero attached hydrogens (tertiary/aromatic N) is 2. The van der Waals surface area contributed by atoms with Crippen LogP contribution in [0.3, 0.4) is 0 Å². The van der Waals surface area contributed by atoms with Gasteiger partial charge in [-0.2, -0.15) is 0 Å². The number of hydrogen-bond acceptors (Lipinski definition) is 4. The number of carbonyl (C=O) groups is 1. The molecule has 0 atom stereocenters. The number of carbonyl (C=O) groups excluding carboxylic acids is 1. The van der Waals surface area contributed by atoms with Gasteiger partial charge in [0, 0.05) is 6.54 Å². The number of rotatable bonds is 5. The highest BCUT2D eigenvalue weighted by atomic mass is 19.1. The molecule has 1 amide bonds. The Labute approximate surface area is 149 Å². The van der Waals surface area contributed by atoms with Gasteiger partial charge in [0.05, 0.1) is 0 Å². The third kappa shape index (κ3) is 4.00. The molecule has 0 aliphatic rings. The van der Waals surface area contributed by atoms with Gasteiger partial charge < -0.3 is 10.6 Å². The van der Waals surface area contributed by atoms with Crippen molar-refractivity contribution in [1.29, 1.82) is 0 Å². The second-order valence-corrected chi connectivity index (χ2v) is 5.63. The molecule has 1 heterocycles. The molecule has 0 saturated heterocycles. The molecule has 2 N–H and O–H groups in total. The minimum atomic E-state index is -0.858. The van der Waals surface area contributed by atoms with Gasteiger partial charge in [0.2, 0.25) is 0 Å². The third-order valence-corrected chi connectivity index (χ3v) is 3.82. The van der Waals surface area contributed by atoms with Crippen LogP contribution in [0.1, 0.15) is 21.6 Å². The minimum absolute atomic E-state index is 0.0471. The number of nitrogens with one attached hydrogen (secondary N) is 2. The van der Waals surface area contributed by atoms with Crippen molar-refractivity contribution in [1.82, 2.24) is 10.2 Å². The lowest BCUT2D eigenvalue weighted by molar-refractivity contribution is 0.102. The van der Waals surface area contributed by atoms with Crippen LogP contribution in [0.2, 0.25) is 0 Å². The molecule has 3 aromatic rings. The van der Waals surface area contributed by atoms with Gasteiger partial charge in [0.25, 0.3) is 5.91 Å². The molecule has 26 heavy (non-hydrogen) atoms. The quantitative estimate of drug-likeness (QED) is 0.729. The number of halogens is 2. The van der Waals surface area contributed by atoms with Crippen molar-refractivity contribution in [2.75, 3.05) is 10.6 Å². The van der Waals surface area contributed by atoms with Crippen LogP contribution in [-0.4, -0.2) is 16.1 Å². The fourth-order valence-corrected chi connectivity index (χ4v) is 2.34. The summed E-state index contributed by atoms with van der Waals surface area (Å²) >= 11 is 0. The number of hydrogen-bond donors (Lipinski definition) is 2. The first-order valence-electron chi connectivity index (χ1n) is 7.92. The average molecular weight is 354 g/mol. The first-order chi connectivity index (χ1) is 12.5. The van der Waals surface area contributed by atoms with E-state index in [4.69, 9.17) is 0 Å². The van der Waals surface area contributed by atoms with Crippen LogP contribution in [0.5, 0.6) is 0 Å². The predicted molar refractivity (Wildman–Crippen MR) is 94.8 cm³/mol. The summed E-state index contributed by atoms with van der Waals surface area (Å²) in [5.41, 5.74) is 1.71. The van der Waals surface area contributed by atoms with E-state index in [1.165, 1.54) is 12.1 Å². The molecule has 0 spiro atoms. The molecular formula is C19H16F2N4O. The third-order valence-electron chi connectivity index (χ3n) is 3.82. The second-order valence-electron chi connectivity index (χ2n) is 5.63. The Morgan fingerprint density at radius 3 is 2.35 bits per heavy atom. The normalized spacial score (nSPS) is 10.4. The standard InChI is InChI=1S/C19H16F2N4O/c1-12-5-2-3-6-13(12)11-22-17-10-9-16(24-25-17)19(26)23-18-14(20)7-4-8-15(18)21/h2-10H,11H2,1H3,(H,22,25)(H,23,26). The van der Waals surface area contributed by atoms with Gasteiger partial charge in [-0.15, -0.1) is 10.2 Å². The van der Waals surface area contributed by atoms with E-state index in [9.17, 15) is 13.6 Å². The van der Waals surface area contributed by atoms with Gasteiger partial charge in [-0.3, -0.25) is 4.79 Å². The van der Waals surface area contributed by atoms with Crippen molar-refractivity contribution in [3.63, 3.8) is 0 Å². The summed E-state index contributed by atoms with van der Waals surface area (Å²) < 4.78 is 27.2. The average Bonchev–Trinajstić information content (AvgIpc) is 2.64. The van der Waals surface area contributed by atoms with E-state index in [1.54, 1.807) is 6.07 Å². The van der Waals surface area contributed by atoms with Crippen LogP contribution in [-0.2, 0) is 6.54 Å². The van der Waals surface area contributed by atoms with Gasteiger partial charge >= 0.3 is 0 Å². The van der Waals surface area contributed by atoms with E-state index in [0.717, 1.165) is 23.3 Å². The van der Waals surface area contributed by atoms with Gasteiger partial charge in [-0.05, 0) is 42.3 Å². The van der Waals surface area contributed by atoms with Crippen LogP contribution in [0.25, 0.3) is 0 Å². The molecule has 3 rings (SSSR count). The molecule has 0 saturated carbocycles. The second kappa shape index (κ2) is 7.69. The Kier molecular flexibility index (Phi) is 5.17. The molecule has 0 unspecified atom stereocenters. The van der Waals surface area contributed by atoms with Gasteiger partial charge in [0.15, 0.2) is 5.69 Å². The number of amides is 1. The van der Waals surface area contributed by atoms with Crippen LogP contribution in [0, 0.1) is 18.6 Å². The Bertz CT molecular complexity index is 909. The summed E-state index contributed by atoms with van der Waals surface area (Å²) in [4.78, 5) is 12.1. The summed E-state index contributed by atoms with van der Waals surface area (Å²) in [5.74, 6) is -1.97. The lowest BCUT2D eigenvalue weighted by atomic mass is 10.1. The minimum Gasteiger partial charge on any atom is -0.364 e. The number of para-hydroxylation sites is 1. The maximum Gasteiger partial charge on any atom is 0.276 e. The SMILES string of the molecule is Cc1ccccc1CNc1ccc(C(=O)Nc2c(F)cccc2F)nn1. The van der Waals surface area contributed by atoms with Crippen molar-refractivity contribution in [2.45, 2.75) is 13.5 Å². The molecule has 132 valence electrons. The fourth-order valence-electron chi connectivity index (χ4n) is 2.34. The topological polar surface area (TPSA) is 66.9 Å². The van der Waals surface area contributed by atoms with E-state index in [-0.39, 0.29) is 5.69 Å². The van der Waals surface area contributed by atoms with E-state index >= 15 is 0 Å². The zero-order valence-corrected chi connectivity index (χ0v) is 14.0. The number of aromatic nitrogens is 2. The van der Waals surface area contributed by atoms with Crippen molar-refractivity contribution >= 4 is 17.4 Å². The van der Waals surface area contributed by atoms with Crippen LogP contribution in [0.4, 0.5) is 20.3 Å². The molecule has 0 bridgehead atoms. The Morgan fingerprint density at radius 2 is 1.69 bits per heavy atom. The van der Waals surface area contributed by atoms with Crippen molar-refractivity contribution in [3.05, 3.63) is 83.1 Å². The summed E-state index contributed by atoms with van der Waals surface area (Å²) in [5, 5.41) is 13.0. The van der Waals surface area contributed by atoms with Crippen molar-refractivity contribution < 1.29 is 13.6 Å². The van der Waals surface area contributed by atoms with Gasteiger partial charge in [-0.25, -0.2) is 8.78 Å².